The zero-order valence-corrected chi connectivity index (χ0v) is 21.0. The Labute approximate surface area is 214 Å². The van der Waals surface area contributed by atoms with E-state index < -0.39 is 5.97 Å². The van der Waals surface area contributed by atoms with Crippen LogP contribution in [0.3, 0.4) is 0 Å². The van der Waals surface area contributed by atoms with Crippen LogP contribution in [-0.2, 0) is 18.3 Å². The van der Waals surface area contributed by atoms with Crippen molar-refractivity contribution in [3.05, 3.63) is 83.6 Å². The van der Waals surface area contributed by atoms with E-state index in [0.717, 1.165) is 5.56 Å². The van der Waals surface area contributed by atoms with Crippen molar-refractivity contribution in [2.24, 2.45) is 7.05 Å². The summed E-state index contributed by atoms with van der Waals surface area (Å²) >= 11 is 0. The van der Waals surface area contributed by atoms with Crippen LogP contribution in [0.2, 0.25) is 0 Å². The Morgan fingerprint density at radius 3 is 2.46 bits per heavy atom. The van der Waals surface area contributed by atoms with E-state index in [-0.39, 0.29) is 11.9 Å². The predicted octanol–water partition coefficient (Wildman–Crippen LogP) is 4.32. The number of anilines is 3. The Hall–Kier alpha value is -4.86. The van der Waals surface area contributed by atoms with Crippen molar-refractivity contribution in [3.8, 4) is 0 Å². The fourth-order valence-corrected chi connectivity index (χ4v) is 3.84. The van der Waals surface area contributed by atoms with Gasteiger partial charge < -0.3 is 25.6 Å². The maximum Gasteiger partial charge on any atom is 0.356 e. The highest BCUT2D eigenvalue weighted by molar-refractivity contribution is 6.09. The van der Waals surface area contributed by atoms with Crippen molar-refractivity contribution < 1.29 is 19.1 Å². The summed E-state index contributed by atoms with van der Waals surface area (Å²) in [6.07, 6.45) is 0. The molecule has 0 aliphatic rings. The number of benzene rings is 3. The van der Waals surface area contributed by atoms with Gasteiger partial charge in [0.1, 0.15) is 0 Å². The number of carbonyl (C=O) groups excluding carboxylic acids is 3. The van der Waals surface area contributed by atoms with Crippen molar-refractivity contribution in [3.63, 3.8) is 0 Å². The van der Waals surface area contributed by atoms with E-state index in [1.54, 1.807) is 51.5 Å². The molecular formula is C27H28N6O4. The molecular weight excluding hydrogens is 472 g/mol. The van der Waals surface area contributed by atoms with Gasteiger partial charge in [-0.25, -0.2) is 9.59 Å². The van der Waals surface area contributed by atoms with Gasteiger partial charge in [0.05, 0.1) is 18.2 Å². The smallest absolute Gasteiger partial charge is 0.356 e. The first-order valence-electron chi connectivity index (χ1n) is 11.5. The quantitative estimate of drug-likeness (QED) is 0.326. The average molecular weight is 501 g/mol. The molecule has 0 radical (unpaired) electrons. The summed E-state index contributed by atoms with van der Waals surface area (Å²) in [5.74, 6) is -0.772. The number of carbonyl (C=O) groups is 3. The lowest BCUT2D eigenvalue weighted by Gasteiger charge is -2.14. The number of hydrogen-bond acceptors (Lipinski definition) is 6. The van der Waals surface area contributed by atoms with E-state index >= 15 is 0 Å². The molecule has 0 atom stereocenters. The predicted molar refractivity (Wildman–Crippen MR) is 143 cm³/mol. The second-order valence-electron chi connectivity index (χ2n) is 8.57. The number of aryl methyl sites for hydroxylation is 1. The van der Waals surface area contributed by atoms with Gasteiger partial charge in [-0.05, 0) is 48.0 Å². The molecule has 10 heteroatoms. The SMILES string of the molecule is COC(=O)c1c2ccc(NC(=O)c3ccccc3NCc3cccc(NC(=O)N(C)C)c3)cc2nn1C. The van der Waals surface area contributed by atoms with E-state index in [4.69, 9.17) is 4.74 Å². The number of nitrogens with one attached hydrogen (secondary N) is 3. The standard InChI is InChI=1S/C27H28N6O4/c1-32(2)27(36)30-18-9-7-8-17(14-18)16-28-22-11-6-5-10-21(22)25(34)29-19-12-13-20-23(15-19)31-33(3)24(20)26(35)37-4/h5-15,28H,16H2,1-4H3,(H,29,34)(H,30,36). The third-order valence-electron chi connectivity index (χ3n) is 5.71. The Kier molecular flexibility index (Phi) is 7.38. The molecule has 0 unspecified atom stereocenters. The lowest BCUT2D eigenvalue weighted by Crippen LogP contribution is -2.27. The molecule has 0 saturated carbocycles. The normalized spacial score (nSPS) is 10.6. The molecule has 0 spiro atoms. The van der Waals surface area contributed by atoms with Crippen LogP contribution in [0.4, 0.5) is 21.9 Å². The molecule has 4 rings (SSSR count). The van der Waals surface area contributed by atoms with E-state index in [1.807, 2.05) is 36.4 Å². The minimum atomic E-state index is -0.479. The molecule has 10 nitrogen and oxygen atoms in total. The summed E-state index contributed by atoms with van der Waals surface area (Å²) in [5, 5.41) is 14.0. The van der Waals surface area contributed by atoms with Gasteiger partial charge in [-0.3, -0.25) is 9.48 Å². The number of rotatable bonds is 7. The Balaban J connectivity index is 1.48. The van der Waals surface area contributed by atoms with Crippen LogP contribution < -0.4 is 16.0 Å². The largest absolute Gasteiger partial charge is 0.464 e. The number of hydrogen-bond donors (Lipinski definition) is 3. The van der Waals surface area contributed by atoms with Gasteiger partial charge in [0.25, 0.3) is 5.91 Å². The van der Waals surface area contributed by atoms with Gasteiger partial charge in [-0.15, -0.1) is 0 Å². The molecule has 3 N–H and O–H groups in total. The highest BCUT2D eigenvalue weighted by atomic mass is 16.5. The van der Waals surface area contributed by atoms with Crippen LogP contribution in [-0.4, -0.2) is 53.8 Å². The van der Waals surface area contributed by atoms with Crippen molar-refractivity contribution in [1.29, 1.82) is 0 Å². The van der Waals surface area contributed by atoms with E-state index in [1.165, 1.54) is 16.7 Å². The number of esters is 1. The maximum atomic E-state index is 13.1. The highest BCUT2D eigenvalue weighted by Gasteiger charge is 2.18. The monoisotopic (exact) mass is 500 g/mol. The Bertz CT molecular complexity index is 1480. The number of methoxy groups -OCH3 is 1. The molecule has 0 saturated heterocycles. The van der Waals surface area contributed by atoms with E-state index in [2.05, 4.69) is 21.0 Å². The second kappa shape index (κ2) is 10.8. The van der Waals surface area contributed by atoms with Gasteiger partial charge >= 0.3 is 12.0 Å². The highest BCUT2D eigenvalue weighted by Crippen LogP contribution is 2.24. The van der Waals surface area contributed by atoms with Gasteiger partial charge in [0, 0.05) is 50.1 Å². The number of ether oxygens (including phenoxy) is 1. The lowest BCUT2D eigenvalue weighted by molar-refractivity contribution is 0.0590. The van der Waals surface area contributed by atoms with Crippen LogP contribution in [0.5, 0.6) is 0 Å². The van der Waals surface area contributed by atoms with Crippen molar-refractivity contribution in [2.75, 3.05) is 37.2 Å². The maximum absolute atomic E-state index is 13.1. The number of fused-ring (bicyclic) bond motifs is 1. The average Bonchev–Trinajstić information content (AvgIpc) is 3.22. The molecule has 190 valence electrons. The minimum absolute atomic E-state index is 0.211. The van der Waals surface area contributed by atoms with Crippen LogP contribution >= 0.6 is 0 Å². The van der Waals surface area contributed by atoms with E-state index in [9.17, 15) is 14.4 Å². The first-order valence-corrected chi connectivity index (χ1v) is 11.5. The van der Waals surface area contributed by atoms with Crippen molar-refractivity contribution in [1.82, 2.24) is 14.7 Å². The molecule has 37 heavy (non-hydrogen) atoms. The summed E-state index contributed by atoms with van der Waals surface area (Å²) in [5.41, 5.74) is 4.21. The van der Waals surface area contributed by atoms with Crippen LogP contribution in [0.1, 0.15) is 26.4 Å². The lowest BCUT2D eigenvalue weighted by atomic mass is 10.1. The van der Waals surface area contributed by atoms with Crippen molar-refractivity contribution in [2.45, 2.75) is 6.54 Å². The second-order valence-corrected chi connectivity index (χ2v) is 8.57. The summed E-state index contributed by atoms with van der Waals surface area (Å²) in [4.78, 5) is 38.6. The molecule has 4 aromatic rings. The van der Waals surface area contributed by atoms with Crippen LogP contribution in [0, 0.1) is 0 Å². The number of para-hydroxylation sites is 1. The fourth-order valence-electron chi connectivity index (χ4n) is 3.84. The summed E-state index contributed by atoms with van der Waals surface area (Å²) < 4.78 is 6.30. The molecule has 3 amide bonds. The first-order chi connectivity index (χ1) is 17.8. The summed E-state index contributed by atoms with van der Waals surface area (Å²) in [6.45, 7) is 0.451. The summed E-state index contributed by atoms with van der Waals surface area (Å²) in [6, 6.07) is 19.7. The molecule has 1 aromatic heterocycles. The Morgan fingerprint density at radius 1 is 0.946 bits per heavy atom. The molecule has 0 fully saturated rings. The molecule has 1 heterocycles. The number of urea groups is 1. The number of aromatic nitrogens is 2. The molecule has 3 aromatic carbocycles. The van der Waals surface area contributed by atoms with Crippen LogP contribution in [0.25, 0.3) is 10.9 Å². The van der Waals surface area contributed by atoms with Gasteiger partial charge in [-0.2, -0.15) is 5.10 Å². The number of amides is 3. The zero-order valence-electron chi connectivity index (χ0n) is 21.0. The molecule has 0 aliphatic heterocycles. The Morgan fingerprint density at radius 2 is 1.70 bits per heavy atom. The number of nitrogens with zero attached hydrogens (tertiary/aromatic N) is 3. The van der Waals surface area contributed by atoms with Gasteiger partial charge in [0.2, 0.25) is 0 Å². The minimum Gasteiger partial charge on any atom is -0.464 e. The third-order valence-corrected chi connectivity index (χ3v) is 5.71. The fraction of sp³-hybridized carbons (Fsp3) is 0.185. The summed E-state index contributed by atoms with van der Waals surface area (Å²) in [7, 11) is 6.34. The van der Waals surface area contributed by atoms with E-state index in [0.29, 0.717) is 45.8 Å². The van der Waals surface area contributed by atoms with Gasteiger partial charge in [-0.1, -0.05) is 24.3 Å². The first kappa shape index (κ1) is 25.2. The molecule has 0 bridgehead atoms. The molecule has 0 aliphatic carbocycles. The van der Waals surface area contributed by atoms with Crippen molar-refractivity contribution >= 4 is 45.9 Å². The van der Waals surface area contributed by atoms with Gasteiger partial charge in [0.15, 0.2) is 5.69 Å². The topological polar surface area (TPSA) is 118 Å². The van der Waals surface area contributed by atoms with Crippen LogP contribution in [0.15, 0.2) is 66.7 Å². The third kappa shape index (κ3) is 5.69. The zero-order chi connectivity index (χ0) is 26.5.